The highest BCUT2D eigenvalue weighted by molar-refractivity contribution is 6.40. The van der Waals surface area contributed by atoms with Crippen molar-refractivity contribution in [1.82, 2.24) is 0 Å². The van der Waals surface area contributed by atoms with Crippen LogP contribution >= 0.6 is 23.2 Å². The van der Waals surface area contributed by atoms with Crippen LogP contribution in [0.15, 0.2) is 50.8 Å². The van der Waals surface area contributed by atoms with Crippen LogP contribution in [-0.4, -0.2) is 5.91 Å². The molecule has 1 aliphatic heterocycles. The smallest absolute Gasteiger partial charge is 0.265 e. The number of rotatable bonds is 2. The second-order valence-electron chi connectivity index (χ2n) is 3.55. The van der Waals surface area contributed by atoms with E-state index in [9.17, 15) is 4.79 Å². The summed E-state index contributed by atoms with van der Waals surface area (Å²) in [6.07, 6.45) is 0. The number of aryl methyl sites for hydroxylation is 1. The highest BCUT2D eigenvalue weighted by atomic mass is 35.5. The number of allylic oxidation sites excluding steroid dienone is 1. The maximum absolute atomic E-state index is 11.6. The fraction of sp³-hybridized carbons (Fsp3) is 0.0833. The topological polar surface area (TPSA) is 41.8 Å². The van der Waals surface area contributed by atoms with Gasteiger partial charge in [-0.15, -0.1) is 10.2 Å². The molecule has 5 heteroatoms. The molecule has 0 saturated heterocycles. The highest BCUT2D eigenvalue weighted by Gasteiger charge is 2.24. The molecule has 86 valence electrons. The van der Waals surface area contributed by atoms with Gasteiger partial charge in [-0.05, 0) is 12.5 Å². The predicted molar refractivity (Wildman–Crippen MR) is 67.8 cm³/mol. The minimum absolute atomic E-state index is 0.205. The van der Waals surface area contributed by atoms with Gasteiger partial charge in [-0.1, -0.05) is 53.0 Å². The van der Waals surface area contributed by atoms with Crippen LogP contribution in [0.4, 0.5) is 0 Å². The SMILES string of the molecule is Cc1ccc(C2=C(C(Cl)=CCl)N=NC2=O)cc1. The third-order valence-corrected chi connectivity index (χ3v) is 2.97. The Labute approximate surface area is 108 Å². The van der Waals surface area contributed by atoms with Crippen molar-refractivity contribution in [3.63, 3.8) is 0 Å². The Kier molecular flexibility index (Phi) is 3.41. The Morgan fingerprint density at radius 3 is 2.47 bits per heavy atom. The predicted octanol–water partition coefficient (Wildman–Crippen LogP) is 4.02. The first-order chi connectivity index (χ1) is 8.13. The van der Waals surface area contributed by atoms with Crippen molar-refractivity contribution in [3.05, 3.63) is 51.7 Å². The Balaban J connectivity index is 2.55. The van der Waals surface area contributed by atoms with Crippen molar-refractivity contribution in [2.45, 2.75) is 6.92 Å². The van der Waals surface area contributed by atoms with Crippen molar-refractivity contribution < 1.29 is 4.79 Å². The molecule has 17 heavy (non-hydrogen) atoms. The summed E-state index contributed by atoms with van der Waals surface area (Å²) in [6.45, 7) is 1.97. The van der Waals surface area contributed by atoms with Crippen LogP contribution in [0, 0.1) is 6.92 Å². The Morgan fingerprint density at radius 2 is 1.88 bits per heavy atom. The van der Waals surface area contributed by atoms with Crippen LogP contribution in [0.3, 0.4) is 0 Å². The maximum atomic E-state index is 11.6. The largest absolute Gasteiger partial charge is 0.298 e. The zero-order chi connectivity index (χ0) is 12.4. The van der Waals surface area contributed by atoms with E-state index in [4.69, 9.17) is 23.2 Å². The van der Waals surface area contributed by atoms with Crippen LogP contribution in [0.2, 0.25) is 0 Å². The number of carbonyl (C=O) groups excluding carboxylic acids is 1. The van der Waals surface area contributed by atoms with E-state index in [1.54, 1.807) is 0 Å². The average molecular weight is 267 g/mol. The van der Waals surface area contributed by atoms with E-state index in [0.29, 0.717) is 11.3 Å². The van der Waals surface area contributed by atoms with Crippen molar-refractivity contribution in [2.24, 2.45) is 10.2 Å². The molecule has 1 aliphatic rings. The fourth-order valence-electron chi connectivity index (χ4n) is 1.50. The zero-order valence-corrected chi connectivity index (χ0v) is 10.5. The lowest BCUT2D eigenvalue weighted by atomic mass is 10.0. The minimum atomic E-state index is -0.402. The Bertz CT molecular complexity index is 556. The zero-order valence-electron chi connectivity index (χ0n) is 8.95. The lowest BCUT2D eigenvalue weighted by Crippen LogP contribution is -1.96. The minimum Gasteiger partial charge on any atom is -0.265 e. The maximum Gasteiger partial charge on any atom is 0.298 e. The average Bonchev–Trinajstić information content (AvgIpc) is 2.71. The first-order valence-electron chi connectivity index (χ1n) is 4.87. The fourth-order valence-corrected chi connectivity index (χ4v) is 1.73. The quantitative estimate of drug-likeness (QED) is 0.797. The number of hydrogen-bond donors (Lipinski definition) is 0. The summed E-state index contributed by atoms with van der Waals surface area (Å²) >= 11 is 11.4. The van der Waals surface area contributed by atoms with Crippen molar-refractivity contribution >= 4 is 34.7 Å². The van der Waals surface area contributed by atoms with E-state index in [0.717, 1.165) is 11.1 Å². The van der Waals surface area contributed by atoms with Gasteiger partial charge in [0.25, 0.3) is 5.91 Å². The summed E-state index contributed by atoms with van der Waals surface area (Å²) in [4.78, 5) is 11.6. The Morgan fingerprint density at radius 1 is 1.24 bits per heavy atom. The molecule has 0 unspecified atom stereocenters. The third-order valence-electron chi connectivity index (χ3n) is 2.35. The van der Waals surface area contributed by atoms with Gasteiger partial charge in [-0.3, -0.25) is 4.79 Å². The standard InChI is InChI=1S/C12H8Cl2N2O/c1-7-2-4-8(5-3-7)10-11(9(14)6-13)15-16-12(10)17/h2-6H,1H3. The molecule has 0 bridgehead atoms. The first-order valence-corrected chi connectivity index (χ1v) is 5.68. The molecule has 0 atom stereocenters. The van der Waals surface area contributed by atoms with Gasteiger partial charge >= 0.3 is 0 Å². The summed E-state index contributed by atoms with van der Waals surface area (Å²) in [5, 5.41) is 7.44. The van der Waals surface area contributed by atoms with E-state index < -0.39 is 5.91 Å². The number of halogens is 2. The third kappa shape index (κ3) is 2.30. The molecule has 0 saturated carbocycles. The molecule has 0 spiro atoms. The molecule has 1 amide bonds. The van der Waals surface area contributed by atoms with Crippen LogP contribution in [-0.2, 0) is 4.79 Å². The van der Waals surface area contributed by atoms with Crippen LogP contribution < -0.4 is 0 Å². The summed E-state index contributed by atoms with van der Waals surface area (Å²) in [6, 6.07) is 7.47. The van der Waals surface area contributed by atoms with E-state index in [-0.39, 0.29) is 5.03 Å². The number of azo groups is 1. The van der Waals surface area contributed by atoms with Crippen molar-refractivity contribution in [2.75, 3.05) is 0 Å². The molecule has 0 fully saturated rings. The van der Waals surface area contributed by atoms with Gasteiger partial charge in [-0.2, -0.15) is 0 Å². The molecule has 0 aliphatic carbocycles. The molecule has 0 radical (unpaired) electrons. The van der Waals surface area contributed by atoms with Gasteiger partial charge in [-0.25, -0.2) is 0 Å². The Hall–Kier alpha value is -1.45. The molecule has 0 N–H and O–H groups in total. The van der Waals surface area contributed by atoms with Crippen LogP contribution in [0.25, 0.3) is 5.57 Å². The second kappa shape index (κ2) is 4.82. The van der Waals surface area contributed by atoms with Gasteiger partial charge in [0.05, 0.1) is 10.6 Å². The highest BCUT2D eigenvalue weighted by Crippen LogP contribution is 2.33. The number of hydrogen-bond acceptors (Lipinski definition) is 2. The molecule has 1 aromatic rings. The number of nitrogens with zero attached hydrogens (tertiary/aromatic N) is 2. The van der Waals surface area contributed by atoms with E-state index >= 15 is 0 Å². The molecule has 1 heterocycles. The molecule has 0 aromatic heterocycles. The van der Waals surface area contributed by atoms with E-state index in [1.807, 2.05) is 31.2 Å². The van der Waals surface area contributed by atoms with E-state index in [2.05, 4.69) is 10.2 Å². The summed E-state index contributed by atoms with van der Waals surface area (Å²) < 4.78 is 0. The summed E-state index contributed by atoms with van der Waals surface area (Å²) in [7, 11) is 0. The van der Waals surface area contributed by atoms with Gasteiger partial charge < -0.3 is 0 Å². The second-order valence-corrected chi connectivity index (χ2v) is 4.18. The van der Waals surface area contributed by atoms with Gasteiger partial charge in [0, 0.05) is 5.54 Å². The number of carbonyl (C=O) groups is 1. The molecular weight excluding hydrogens is 259 g/mol. The lowest BCUT2D eigenvalue weighted by Gasteiger charge is -2.02. The molecule has 2 rings (SSSR count). The van der Waals surface area contributed by atoms with Crippen LogP contribution in [0.5, 0.6) is 0 Å². The van der Waals surface area contributed by atoms with Gasteiger partial charge in [0.15, 0.2) is 0 Å². The van der Waals surface area contributed by atoms with Crippen LogP contribution in [0.1, 0.15) is 11.1 Å². The normalized spacial score (nSPS) is 15.9. The number of amides is 1. The van der Waals surface area contributed by atoms with Crippen molar-refractivity contribution in [1.29, 1.82) is 0 Å². The molecular formula is C12H8Cl2N2O. The molecule has 3 nitrogen and oxygen atoms in total. The summed E-state index contributed by atoms with van der Waals surface area (Å²) in [5.74, 6) is -0.402. The summed E-state index contributed by atoms with van der Waals surface area (Å²) in [5.41, 5.74) is 3.71. The monoisotopic (exact) mass is 266 g/mol. The van der Waals surface area contributed by atoms with Gasteiger partial charge in [0.2, 0.25) is 0 Å². The molecule has 1 aromatic carbocycles. The lowest BCUT2D eigenvalue weighted by molar-refractivity contribution is -0.112. The van der Waals surface area contributed by atoms with Gasteiger partial charge in [0.1, 0.15) is 5.70 Å². The van der Waals surface area contributed by atoms with E-state index in [1.165, 1.54) is 5.54 Å². The number of benzene rings is 1. The van der Waals surface area contributed by atoms with Crippen molar-refractivity contribution in [3.8, 4) is 0 Å². The first kappa shape index (κ1) is 12.0.